The van der Waals surface area contributed by atoms with Crippen LogP contribution in [0.1, 0.15) is 37.5 Å². The number of aromatic amines is 1. The molecule has 3 heterocycles. The molecule has 1 amide bonds. The molecule has 10 N–H and O–H groups in total. The Kier molecular flexibility index (Phi) is 11.9. The number of benzene rings is 2. The third-order valence-electron chi connectivity index (χ3n) is 7.59. The summed E-state index contributed by atoms with van der Waals surface area (Å²) in [6.07, 6.45) is 0.178. The summed E-state index contributed by atoms with van der Waals surface area (Å²) in [4.78, 5) is 75.8. The number of H-pyrrole nitrogens is 1. The van der Waals surface area contributed by atoms with Crippen LogP contribution in [0.25, 0.3) is 21.8 Å². The largest absolute Gasteiger partial charge is 0.490 e. The Bertz CT molecular complexity index is 2290. The zero-order valence-corrected chi connectivity index (χ0v) is 29.7. The van der Waals surface area contributed by atoms with Crippen molar-refractivity contribution in [1.29, 1.82) is 0 Å². The minimum atomic E-state index is -5.69. The molecule has 4 unspecified atom stereocenters. The summed E-state index contributed by atoms with van der Waals surface area (Å²) in [6.45, 7) is -0.304. The molecule has 1 fully saturated rings. The van der Waals surface area contributed by atoms with E-state index in [1.54, 1.807) is 0 Å². The number of carbonyl (C=O) groups is 1. The summed E-state index contributed by atoms with van der Waals surface area (Å²) in [5.74, 6) is 5.00. The van der Waals surface area contributed by atoms with E-state index >= 15 is 0 Å². The number of aryl methyl sites for hydroxylation is 1. The minimum absolute atomic E-state index is 0.0998. The minimum Gasteiger partial charge on any atom is -0.399 e. The highest BCUT2D eigenvalue weighted by molar-refractivity contribution is 7.66. The normalized spacial score (nSPS) is 18.4. The van der Waals surface area contributed by atoms with Gasteiger partial charge in [-0.3, -0.25) is 23.7 Å². The Labute approximate surface area is 293 Å². The molecule has 23 heteroatoms. The van der Waals surface area contributed by atoms with Crippen LogP contribution in [0, 0.1) is 11.8 Å². The Balaban J connectivity index is 1.14. The predicted molar refractivity (Wildman–Crippen MR) is 184 cm³/mol. The van der Waals surface area contributed by atoms with E-state index in [2.05, 4.69) is 39.9 Å². The van der Waals surface area contributed by atoms with Gasteiger partial charge in [0.25, 0.3) is 5.56 Å². The summed E-state index contributed by atoms with van der Waals surface area (Å²) in [5, 5.41) is 4.64. The smallest absolute Gasteiger partial charge is 0.399 e. The van der Waals surface area contributed by atoms with Gasteiger partial charge in [-0.05, 0) is 43.2 Å². The number of hydrogen-bond donors (Lipinski definition) is 8. The third-order valence-corrected chi connectivity index (χ3v) is 11.4. The number of amides is 1. The molecule has 0 radical (unpaired) electrons. The van der Waals surface area contributed by atoms with Crippen molar-refractivity contribution in [3.63, 3.8) is 0 Å². The number of phosphoric acid groups is 3. The molecule has 4 atom stereocenters. The van der Waals surface area contributed by atoms with Gasteiger partial charge in [0.05, 0.1) is 19.3 Å². The number of nitrogen functional groups attached to an aromatic ring is 2. The summed E-state index contributed by atoms with van der Waals surface area (Å²) >= 11 is 0. The summed E-state index contributed by atoms with van der Waals surface area (Å²) in [5.41, 5.74) is 13.4. The van der Waals surface area contributed by atoms with Gasteiger partial charge in [-0.15, -0.1) is 0 Å². The van der Waals surface area contributed by atoms with Crippen LogP contribution in [0.15, 0.2) is 58.3 Å². The monoisotopic (exact) mass is 783 g/mol. The van der Waals surface area contributed by atoms with Crippen LogP contribution in [0.3, 0.4) is 0 Å². The number of phosphoric ester groups is 1. The zero-order chi connectivity index (χ0) is 37.8. The first-order valence-corrected chi connectivity index (χ1v) is 19.9. The number of carbonyl (C=O) groups excluding carboxylic acids is 1. The lowest BCUT2D eigenvalue weighted by Crippen LogP contribution is -2.36. The Morgan fingerprint density at radius 2 is 1.63 bits per heavy atom. The summed E-state index contributed by atoms with van der Waals surface area (Å²) < 4.78 is 54.9. The van der Waals surface area contributed by atoms with Crippen molar-refractivity contribution in [2.45, 2.75) is 44.6 Å². The molecule has 4 aromatic rings. The second-order valence-corrected chi connectivity index (χ2v) is 15.9. The quantitative estimate of drug-likeness (QED) is 0.0311. The van der Waals surface area contributed by atoms with Gasteiger partial charge in [-0.2, -0.15) is 13.2 Å². The molecule has 2 aromatic heterocycles. The zero-order valence-electron chi connectivity index (χ0n) is 27.0. The second-order valence-electron chi connectivity index (χ2n) is 11.5. The van der Waals surface area contributed by atoms with E-state index in [0.29, 0.717) is 24.3 Å². The molecule has 0 aliphatic carbocycles. The molecule has 1 aliphatic heterocycles. The molecule has 20 nitrogen and oxygen atoms in total. The van der Waals surface area contributed by atoms with Gasteiger partial charge in [0.15, 0.2) is 0 Å². The van der Waals surface area contributed by atoms with E-state index in [4.69, 9.17) is 26.0 Å². The Morgan fingerprint density at radius 3 is 2.27 bits per heavy atom. The molecular weight excluding hydrogens is 749 g/mol. The number of nitrogens with zero attached hydrogens (tertiary/aromatic N) is 2. The lowest BCUT2D eigenvalue weighted by molar-refractivity contribution is -0.645. The lowest BCUT2D eigenvalue weighted by Gasteiger charge is -2.19. The molecule has 2 aromatic carbocycles. The molecule has 0 saturated carbocycles. The fraction of sp³-hybridized carbons (Fsp3) is 0.310. The van der Waals surface area contributed by atoms with E-state index in [1.807, 2.05) is 42.5 Å². The number of anilines is 2. The number of ether oxygens (including phenoxy) is 1. The molecule has 52 heavy (non-hydrogen) atoms. The van der Waals surface area contributed by atoms with Gasteiger partial charge in [0.1, 0.15) is 18.3 Å². The topological polar surface area (TPSA) is 309 Å². The maximum atomic E-state index is 12.6. The predicted octanol–water partition coefficient (Wildman–Crippen LogP) is 1.26. The average Bonchev–Trinajstić information content (AvgIpc) is 3.50. The Morgan fingerprint density at radius 1 is 0.981 bits per heavy atom. The Hall–Kier alpha value is -4.21. The van der Waals surface area contributed by atoms with Crippen molar-refractivity contribution >= 4 is 62.6 Å². The molecule has 0 bridgehead atoms. The van der Waals surface area contributed by atoms with Crippen molar-refractivity contribution in [2.75, 3.05) is 24.6 Å². The molecule has 278 valence electrons. The average molecular weight is 784 g/mol. The van der Waals surface area contributed by atoms with Crippen LogP contribution in [0.2, 0.25) is 0 Å². The van der Waals surface area contributed by atoms with Crippen LogP contribution in [-0.4, -0.2) is 54.3 Å². The molecule has 1 saturated heterocycles. The first-order valence-electron chi connectivity index (χ1n) is 15.3. The molecule has 1 aliphatic rings. The number of pyridine rings is 1. The maximum absolute atomic E-state index is 12.6. The van der Waals surface area contributed by atoms with Crippen LogP contribution in [0.4, 0.5) is 11.4 Å². The van der Waals surface area contributed by atoms with Crippen molar-refractivity contribution in [2.24, 2.45) is 0 Å². The van der Waals surface area contributed by atoms with Crippen molar-refractivity contribution < 1.29 is 60.5 Å². The lowest BCUT2D eigenvalue weighted by atomic mass is 10.1. The molecular formula is C29H34N6O14P3+. The number of nitrogens with one attached hydrogen (secondary N) is 2. The van der Waals surface area contributed by atoms with Crippen LogP contribution in [0.5, 0.6) is 0 Å². The first kappa shape index (κ1) is 39.0. The van der Waals surface area contributed by atoms with Gasteiger partial charge in [0, 0.05) is 53.3 Å². The van der Waals surface area contributed by atoms with Crippen molar-refractivity contribution in [3.05, 3.63) is 75.1 Å². The number of rotatable bonds is 13. The SMILES string of the molecule is Nc1ccc2cc3ccc(N)cc3[n+](CCCC(=O)NCC#Cc3cn(C4CCC(COP(=O)(O)OP(=O)(O)OP(=O)(O)O)O4)c(=O)[nH]c3=O)c2c1. The molecule has 0 spiro atoms. The third kappa shape index (κ3) is 10.4. The van der Waals surface area contributed by atoms with Gasteiger partial charge < -0.3 is 41.1 Å². The van der Waals surface area contributed by atoms with Gasteiger partial charge in [0.2, 0.25) is 16.9 Å². The maximum Gasteiger partial charge on any atom is 0.490 e. The number of fused-ring (bicyclic) bond motifs is 2. The highest BCUT2D eigenvalue weighted by Gasteiger charge is 2.41. The first-order chi connectivity index (χ1) is 24.4. The summed E-state index contributed by atoms with van der Waals surface area (Å²) in [6, 6.07) is 13.3. The van der Waals surface area contributed by atoms with Crippen LogP contribution in [-0.2, 0) is 42.9 Å². The molecule has 5 rings (SSSR count). The van der Waals surface area contributed by atoms with E-state index in [9.17, 15) is 37.9 Å². The van der Waals surface area contributed by atoms with E-state index in [-0.39, 0.29) is 37.3 Å². The summed E-state index contributed by atoms with van der Waals surface area (Å²) in [7, 11) is -16.6. The van der Waals surface area contributed by atoms with Gasteiger partial charge >= 0.3 is 29.2 Å². The standard InChI is InChI=1S/C29H33N6O14P3/c30-21-7-5-18-13-19-6-8-22(31)15-25(19)34(24(18)14-21)12-2-4-26(36)32-11-1-3-20-16-35(29(38)33-28(20)37)27-10-9-23(47-27)17-46-51(42,43)49-52(44,45)48-50(39,40)41/h5-8,13-16,23,27H,2,4,9-12,17H2,(H9,30,31,32,33,36,37,38,39,40,41,42,43,44,45)/p+1. The fourth-order valence-electron chi connectivity index (χ4n) is 5.42. The van der Waals surface area contributed by atoms with E-state index in [1.165, 1.54) is 0 Å². The van der Waals surface area contributed by atoms with Gasteiger partial charge in [-0.25, -0.2) is 18.5 Å². The second kappa shape index (κ2) is 15.8. The van der Waals surface area contributed by atoms with Crippen LogP contribution >= 0.6 is 23.5 Å². The van der Waals surface area contributed by atoms with E-state index < -0.39 is 53.7 Å². The van der Waals surface area contributed by atoms with Crippen LogP contribution < -0.4 is 32.6 Å². The van der Waals surface area contributed by atoms with E-state index in [0.717, 1.165) is 32.6 Å². The number of hydrogen-bond acceptors (Lipinski definition) is 12. The van der Waals surface area contributed by atoms with Crippen molar-refractivity contribution in [3.8, 4) is 11.8 Å². The fourth-order valence-corrected chi connectivity index (χ4v) is 8.47. The van der Waals surface area contributed by atoms with Crippen molar-refractivity contribution in [1.82, 2.24) is 14.9 Å². The highest BCUT2D eigenvalue weighted by atomic mass is 31.3. The van der Waals surface area contributed by atoms with Gasteiger partial charge in [-0.1, -0.05) is 11.8 Å². The number of nitrogens with two attached hydrogens (primary N) is 2. The highest BCUT2D eigenvalue weighted by Crippen LogP contribution is 2.66. The number of aromatic nitrogens is 3.